The van der Waals surface area contributed by atoms with Gasteiger partial charge in [-0.05, 0) is 0 Å². The van der Waals surface area contributed by atoms with E-state index in [9.17, 15) is 13.2 Å². The number of benzene rings is 2. The Hall–Kier alpha value is -1.04. The van der Waals surface area contributed by atoms with Crippen LogP contribution in [0.1, 0.15) is 20.8 Å². The van der Waals surface area contributed by atoms with Gasteiger partial charge < -0.3 is 0 Å². The zero-order valence-corrected chi connectivity index (χ0v) is 14.4. The van der Waals surface area contributed by atoms with Crippen molar-refractivity contribution < 1.29 is 31.6 Å². The van der Waals surface area contributed by atoms with Gasteiger partial charge in [-0.1, -0.05) is 0 Å². The summed E-state index contributed by atoms with van der Waals surface area (Å²) in [5.74, 6) is 0. The first-order chi connectivity index (χ1) is 9.71. The molecule has 21 heavy (non-hydrogen) atoms. The number of hydrogen-bond acceptors (Lipinski definition) is 0. The van der Waals surface area contributed by atoms with Gasteiger partial charge in [0.25, 0.3) is 0 Å². The summed E-state index contributed by atoms with van der Waals surface area (Å²) in [6.07, 6.45) is 0. The Bertz CT molecular complexity index is 527. The summed E-state index contributed by atoms with van der Waals surface area (Å²) in [7, 11) is 0. The third-order valence-corrected chi connectivity index (χ3v) is 15.2. The molecule has 0 aliphatic carbocycles. The minimum atomic E-state index is -4.52. The van der Waals surface area contributed by atoms with Gasteiger partial charge >= 0.3 is 128 Å². The first-order valence-corrected chi connectivity index (χ1v) is 11.0. The molecule has 0 aliphatic rings. The van der Waals surface area contributed by atoms with Crippen molar-refractivity contribution in [2.45, 2.75) is 28.4 Å². The van der Waals surface area contributed by atoms with E-state index in [2.05, 4.69) is 0 Å². The molecule has 0 N–H and O–H groups in total. The van der Waals surface area contributed by atoms with Crippen LogP contribution in [0.15, 0.2) is 60.7 Å². The van der Waals surface area contributed by atoms with E-state index in [1.807, 2.05) is 0 Å². The number of hydrogen-bond donors (Lipinski definition) is 0. The molecular formula is C17H19F3I+. The molecule has 0 radical (unpaired) electrons. The second-order valence-corrected chi connectivity index (χ2v) is 15.8. The van der Waals surface area contributed by atoms with Crippen LogP contribution >= 0.6 is 0 Å². The molecule has 0 fully saturated rings. The third-order valence-electron chi connectivity index (χ3n) is 3.29. The summed E-state index contributed by atoms with van der Waals surface area (Å²) in [5.41, 5.74) is 0. The average Bonchev–Trinajstić information content (AvgIpc) is 2.38. The Morgan fingerprint density at radius 3 is 1.24 bits per heavy atom. The van der Waals surface area contributed by atoms with Gasteiger partial charge in [0.05, 0.1) is 0 Å². The normalized spacial score (nSPS) is 14.0. The van der Waals surface area contributed by atoms with Crippen LogP contribution in [0.5, 0.6) is 0 Å². The third kappa shape index (κ3) is 2.70. The Kier molecular flexibility index (Phi) is 4.38. The van der Waals surface area contributed by atoms with Crippen LogP contribution in [0, 0.1) is 7.14 Å². The molecule has 2 rings (SSSR count). The van der Waals surface area contributed by atoms with Gasteiger partial charge in [-0.25, -0.2) is 0 Å². The monoisotopic (exact) mass is 407 g/mol. The Balaban J connectivity index is 2.87. The summed E-state index contributed by atoms with van der Waals surface area (Å²) in [4.78, 5) is 0. The molecule has 0 amide bonds. The van der Waals surface area contributed by atoms with Crippen LogP contribution in [0.25, 0.3) is 0 Å². The fraction of sp³-hybridized carbons (Fsp3) is 0.294. The number of halogens is 4. The maximum atomic E-state index is 14.3. The van der Waals surface area contributed by atoms with E-state index in [1.165, 1.54) is 0 Å². The fourth-order valence-electron chi connectivity index (χ4n) is 2.56. The fourth-order valence-corrected chi connectivity index (χ4v) is 13.2. The van der Waals surface area contributed by atoms with E-state index in [0.717, 1.165) is 0 Å². The first-order valence-electron chi connectivity index (χ1n) is 6.64. The SMILES string of the molecule is CC(C)(C)[I+](c1ccccc1)(c1ccccc1)C(F)(F)F. The topological polar surface area (TPSA) is 0 Å². The Labute approximate surface area is 127 Å². The van der Waals surface area contributed by atoms with Crippen LogP contribution in [-0.2, 0) is 0 Å². The van der Waals surface area contributed by atoms with E-state index >= 15 is 0 Å². The van der Waals surface area contributed by atoms with Crippen LogP contribution in [0.2, 0.25) is 0 Å². The van der Waals surface area contributed by atoms with Gasteiger partial charge in [-0.2, -0.15) is 0 Å². The van der Waals surface area contributed by atoms with Crippen LogP contribution in [0.4, 0.5) is 13.2 Å². The maximum absolute atomic E-state index is 14.3. The standard InChI is InChI=1S/C17H19F3I/c1-16(2,3)21(17(18,19)20,14-10-6-4-7-11-14)15-12-8-5-9-13-15/h4-13H,1-3H3/q+1. The molecule has 0 heterocycles. The predicted octanol–water partition coefficient (Wildman–Crippen LogP) is 2.20. The van der Waals surface area contributed by atoms with E-state index in [1.54, 1.807) is 81.4 Å². The molecule has 2 aromatic rings. The average molecular weight is 407 g/mol. The molecule has 0 spiro atoms. The van der Waals surface area contributed by atoms with Crippen molar-refractivity contribution in [1.82, 2.24) is 0 Å². The molecule has 0 nitrogen and oxygen atoms in total. The van der Waals surface area contributed by atoms with Crippen molar-refractivity contribution in [2.24, 2.45) is 0 Å². The molecule has 4 heteroatoms. The molecule has 0 bridgehead atoms. The quantitative estimate of drug-likeness (QED) is 0.529. The molecule has 0 saturated carbocycles. The zero-order chi connectivity index (χ0) is 15.7. The molecule has 0 unspecified atom stereocenters. The Morgan fingerprint density at radius 2 is 1.00 bits per heavy atom. The summed E-state index contributed by atoms with van der Waals surface area (Å²) < 4.78 is 38.8. The number of alkyl halides is 5. The van der Waals surface area contributed by atoms with Gasteiger partial charge in [-0.15, -0.1) is 0 Å². The van der Waals surface area contributed by atoms with Gasteiger partial charge in [0.2, 0.25) is 0 Å². The van der Waals surface area contributed by atoms with Crippen molar-refractivity contribution >= 4 is 0 Å². The van der Waals surface area contributed by atoms with E-state index < -0.39 is 26.0 Å². The van der Waals surface area contributed by atoms with Crippen molar-refractivity contribution in [3.63, 3.8) is 0 Å². The molecule has 0 aliphatic heterocycles. The molecule has 0 aromatic heterocycles. The summed E-state index contributed by atoms with van der Waals surface area (Å²) in [5, 5.41) is 0. The van der Waals surface area contributed by atoms with Crippen molar-refractivity contribution in [3.8, 4) is 0 Å². The zero-order valence-electron chi connectivity index (χ0n) is 12.3. The molecule has 0 atom stereocenters. The van der Waals surface area contributed by atoms with Crippen LogP contribution < -0.4 is 18.4 Å². The second kappa shape index (κ2) is 5.63. The van der Waals surface area contributed by atoms with Gasteiger partial charge in [0.15, 0.2) is 0 Å². The van der Waals surface area contributed by atoms with Crippen LogP contribution in [0.3, 0.4) is 0 Å². The predicted molar refractivity (Wildman–Crippen MR) is 76.1 cm³/mol. The summed E-state index contributed by atoms with van der Waals surface area (Å²) >= 11 is -4.52. The number of rotatable bonds is 2. The van der Waals surface area contributed by atoms with Gasteiger partial charge in [0, 0.05) is 0 Å². The van der Waals surface area contributed by atoms with E-state index in [0.29, 0.717) is 7.14 Å². The van der Waals surface area contributed by atoms with Crippen molar-refractivity contribution in [1.29, 1.82) is 0 Å². The first kappa shape index (κ1) is 16.3. The minimum absolute atomic E-state index is 0.454. The molecule has 2 aromatic carbocycles. The summed E-state index contributed by atoms with van der Waals surface area (Å²) in [6.45, 7) is 5.16. The molecule has 114 valence electrons. The van der Waals surface area contributed by atoms with Crippen molar-refractivity contribution in [2.75, 3.05) is 0 Å². The van der Waals surface area contributed by atoms with Crippen molar-refractivity contribution in [3.05, 3.63) is 67.8 Å². The van der Waals surface area contributed by atoms with Crippen LogP contribution in [-0.4, -0.2) is 7.60 Å². The van der Waals surface area contributed by atoms with Gasteiger partial charge in [0.1, 0.15) is 0 Å². The molecular weight excluding hydrogens is 388 g/mol. The van der Waals surface area contributed by atoms with E-state index in [4.69, 9.17) is 0 Å². The molecule has 0 saturated heterocycles. The second-order valence-electron chi connectivity index (χ2n) is 5.65. The summed E-state index contributed by atoms with van der Waals surface area (Å²) in [6, 6.07) is 16.9. The van der Waals surface area contributed by atoms with E-state index in [-0.39, 0.29) is 0 Å². The Morgan fingerprint density at radius 1 is 0.667 bits per heavy atom. The van der Waals surface area contributed by atoms with Gasteiger partial charge in [-0.3, -0.25) is 0 Å².